The molecule has 6 nitrogen and oxygen atoms in total. The van der Waals surface area contributed by atoms with Gasteiger partial charge in [-0.05, 0) is 63.2 Å². The monoisotopic (exact) mass is 389 g/mol. The summed E-state index contributed by atoms with van der Waals surface area (Å²) in [7, 11) is -3.63. The molecule has 2 aromatic rings. The lowest BCUT2D eigenvalue weighted by Gasteiger charge is -2.20. The van der Waals surface area contributed by atoms with Gasteiger partial charge in [0.15, 0.2) is 0 Å². The molecule has 0 aliphatic carbocycles. The van der Waals surface area contributed by atoms with E-state index in [1.54, 1.807) is 20.8 Å². The Labute approximate surface area is 161 Å². The summed E-state index contributed by atoms with van der Waals surface area (Å²) in [6.45, 7) is 8.83. The summed E-state index contributed by atoms with van der Waals surface area (Å²) >= 11 is 0. The van der Waals surface area contributed by atoms with E-state index in [1.807, 2.05) is 31.2 Å². The van der Waals surface area contributed by atoms with Crippen molar-refractivity contribution in [1.82, 2.24) is 10.0 Å². The zero-order valence-electron chi connectivity index (χ0n) is 16.2. The number of para-hydroxylation sites is 1. The Morgan fingerprint density at radius 3 is 2.22 bits per heavy atom. The van der Waals surface area contributed by atoms with Crippen LogP contribution in [0.5, 0.6) is 0 Å². The van der Waals surface area contributed by atoms with E-state index < -0.39 is 15.6 Å². The molecule has 0 saturated carbocycles. The number of benzene rings is 2. The standard InChI is InChI=1S/C20H27N3O3S/c1-5-21-14-16-8-6-7-9-18(16)22-19(24)15-10-12-17(13-11-15)27(25,26)23-20(2,3)4/h6-13,21,23H,5,14H2,1-4H3,(H,22,24). The van der Waals surface area contributed by atoms with E-state index >= 15 is 0 Å². The minimum Gasteiger partial charge on any atom is -0.322 e. The smallest absolute Gasteiger partial charge is 0.255 e. The Kier molecular flexibility index (Phi) is 6.75. The van der Waals surface area contributed by atoms with Crippen molar-refractivity contribution >= 4 is 21.6 Å². The van der Waals surface area contributed by atoms with Crippen LogP contribution in [0.4, 0.5) is 5.69 Å². The van der Waals surface area contributed by atoms with E-state index in [1.165, 1.54) is 24.3 Å². The van der Waals surface area contributed by atoms with Crippen LogP contribution in [0.25, 0.3) is 0 Å². The van der Waals surface area contributed by atoms with E-state index in [0.717, 1.165) is 17.8 Å². The predicted octanol–water partition coefficient (Wildman–Crippen LogP) is 3.13. The van der Waals surface area contributed by atoms with Gasteiger partial charge in [-0.15, -0.1) is 0 Å². The molecule has 0 atom stereocenters. The van der Waals surface area contributed by atoms with Gasteiger partial charge in [0.25, 0.3) is 5.91 Å². The molecule has 0 unspecified atom stereocenters. The molecule has 0 aliphatic heterocycles. The second-order valence-corrected chi connectivity index (χ2v) is 8.95. The zero-order valence-corrected chi connectivity index (χ0v) is 17.0. The molecule has 146 valence electrons. The average Bonchev–Trinajstić information content (AvgIpc) is 2.59. The highest BCUT2D eigenvalue weighted by Crippen LogP contribution is 2.18. The third-order valence-electron chi connectivity index (χ3n) is 3.70. The van der Waals surface area contributed by atoms with Gasteiger partial charge in [0.1, 0.15) is 0 Å². The Bertz CT molecular complexity index is 885. The molecule has 0 radical (unpaired) electrons. The molecule has 0 spiro atoms. The Morgan fingerprint density at radius 2 is 1.63 bits per heavy atom. The van der Waals surface area contributed by atoms with Crippen LogP contribution in [0.3, 0.4) is 0 Å². The summed E-state index contributed by atoms with van der Waals surface area (Å²) < 4.78 is 27.3. The number of hydrogen-bond donors (Lipinski definition) is 3. The molecule has 0 fully saturated rings. The Hall–Kier alpha value is -2.22. The summed E-state index contributed by atoms with van der Waals surface area (Å²) in [6.07, 6.45) is 0. The quantitative estimate of drug-likeness (QED) is 0.679. The number of carbonyl (C=O) groups excluding carboxylic acids is 1. The van der Waals surface area contributed by atoms with Crippen molar-refractivity contribution in [2.75, 3.05) is 11.9 Å². The maximum Gasteiger partial charge on any atom is 0.255 e. The van der Waals surface area contributed by atoms with Crippen molar-refractivity contribution in [1.29, 1.82) is 0 Å². The molecule has 0 heterocycles. The molecule has 7 heteroatoms. The minimum atomic E-state index is -3.63. The molecule has 0 bridgehead atoms. The second-order valence-electron chi connectivity index (χ2n) is 7.27. The molecule has 2 rings (SSSR count). The van der Waals surface area contributed by atoms with Crippen molar-refractivity contribution in [3.63, 3.8) is 0 Å². The molecule has 0 aliphatic rings. The summed E-state index contributed by atoms with van der Waals surface area (Å²) in [4.78, 5) is 12.7. The minimum absolute atomic E-state index is 0.126. The van der Waals surface area contributed by atoms with Crippen LogP contribution in [0, 0.1) is 0 Å². The van der Waals surface area contributed by atoms with Gasteiger partial charge in [-0.2, -0.15) is 0 Å². The number of amides is 1. The van der Waals surface area contributed by atoms with E-state index in [9.17, 15) is 13.2 Å². The van der Waals surface area contributed by atoms with Crippen LogP contribution in [0.1, 0.15) is 43.6 Å². The van der Waals surface area contributed by atoms with Gasteiger partial charge in [0, 0.05) is 23.3 Å². The first kappa shape index (κ1) is 21.1. The lowest BCUT2D eigenvalue weighted by atomic mass is 10.1. The van der Waals surface area contributed by atoms with Crippen LogP contribution in [-0.4, -0.2) is 26.4 Å². The fourth-order valence-electron chi connectivity index (χ4n) is 2.50. The fourth-order valence-corrected chi connectivity index (χ4v) is 3.92. The summed E-state index contributed by atoms with van der Waals surface area (Å²) in [5, 5.41) is 6.12. The van der Waals surface area contributed by atoms with Gasteiger partial charge in [0.2, 0.25) is 10.0 Å². The van der Waals surface area contributed by atoms with Gasteiger partial charge in [-0.1, -0.05) is 25.1 Å². The highest BCUT2D eigenvalue weighted by molar-refractivity contribution is 7.89. The molecular weight excluding hydrogens is 362 g/mol. The summed E-state index contributed by atoms with van der Waals surface area (Å²) in [5.41, 5.74) is 1.53. The number of hydrogen-bond acceptors (Lipinski definition) is 4. The topological polar surface area (TPSA) is 87.3 Å². The van der Waals surface area contributed by atoms with Crippen LogP contribution in [0.2, 0.25) is 0 Å². The molecule has 3 N–H and O–H groups in total. The zero-order chi connectivity index (χ0) is 20.1. The lowest BCUT2D eigenvalue weighted by molar-refractivity contribution is 0.102. The molecule has 27 heavy (non-hydrogen) atoms. The van der Waals surface area contributed by atoms with Gasteiger partial charge in [-0.25, -0.2) is 13.1 Å². The van der Waals surface area contributed by atoms with E-state index in [2.05, 4.69) is 15.4 Å². The maximum absolute atomic E-state index is 12.5. The van der Waals surface area contributed by atoms with Gasteiger partial charge in [-0.3, -0.25) is 4.79 Å². The molecule has 0 saturated heterocycles. The van der Waals surface area contributed by atoms with Gasteiger partial charge in [0.05, 0.1) is 4.90 Å². The molecule has 1 amide bonds. The first-order valence-corrected chi connectivity index (χ1v) is 10.3. The summed E-state index contributed by atoms with van der Waals surface area (Å²) in [6, 6.07) is 13.5. The van der Waals surface area contributed by atoms with Crippen LogP contribution < -0.4 is 15.4 Å². The van der Waals surface area contributed by atoms with Crippen molar-refractivity contribution in [2.24, 2.45) is 0 Å². The van der Waals surface area contributed by atoms with Crippen LogP contribution in [-0.2, 0) is 16.6 Å². The molecular formula is C20H27N3O3S. The Morgan fingerprint density at radius 1 is 1.00 bits per heavy atom. The molecule has 0 aromatic heterocycles. The van der Waals surface area contributed by atoms with E-state index in [-0.39, 0.29) is 10.8 Å². The SMILES string of the molecule is CCNCc1ccccc1NC(=O)c1ccc(S(=O)(=O)NC(C)(C)C)cc1. The highest BCUT2D eigenvalue weighted by atomic mass is 32.2. The van der Waals surface area contributed by atoms with Gasteiger partial charge >= 0.3 is 0 Å². The van der Waals surface area contributed by atoms with Crippen molar-refractivity contribution in [3.8, 4) is 0 Å². The second kappa shape index (κ2) is 8.65. The average molecular weight is 390 g/mol. The summed E-state index contributed by atoms with van der Waals surface area (Å²) in [5.74, 6) is -0.285. The highest BCUT2D eigenvalue weighted by Gasteiger charge is 2.22. The number of rotatable bonds is 7. The van der Waals surface area contributed by atoms with Gasteiger partial charge < -0.3 is 10.6 Å². The lowest BCUT2D eigenvalue weighted by Crippen LogP contribution is -2.40. The number of anilines is 1. The van der Waals surface area contributed by atoms with Crippen molar-refractivity contribution < 1.29 is 13.2 Å². The third kappa shape index (κ3) is 6.16. The molecule has 2 aromatic carbocycles. The number of carbonyl (C=O) groups is 1. The predicted molar refractivity (Wildman–Crippen MR) is 108 cm³/mol. The maximum atomic E-state index is 12.5. The van der Waals surface area contributed by atoms with Crippen LogP contribution in [0.15, 0.2) is 53.4 Å². The number of nitrogens with one attached hydrogen (secondary N) is 3. The third-order valence-corrected chi connectivity index (χ3v) is 5.47. The normalized spacial score (nSPS) is 12.0. The first-order chi connectivity index (χ1) is 12.6. The van der Waals surface area contributed by atoms with Crippen molar-refractivity contribution in [2.45, 2.75) is 44.7 Å². The first-order valence-electron chi connectivity index (χ1n) is 8.86. The van der Waals surface area contributed by atoms with Crippen molar-refractivity contribution in [3.05, 3.63) is 59.7 Å². The Balaban J connectivity index is 2.15. The number of sulfonamides is 1. The van der Waals surface area contributed by atoms with Crippen LogP contribution >= 0.6 is 0 Å². The fraction of sp³-hybridized carbons (Fsp3) is 0.350. The largest absolute Gasteiger partial charge is 0.322 e. The van der Waals surface area contributed by atoms with E-state index in [4.69, 9.17) is 0 Å². The van der Waals surface area contributed by atoms with E-state index in [0.29, 0.717) is 12.1 Å².